The van der Waals surface area contributed by atoms with Crippen LogP contribution in [0.1, 0.15) is 79.1 Å². The quantitative estimate of drug-likeness (QED) is 0.130. The number of halogens is 1. The van der Waals surface area contributed by atoms with Crippen molar-refractivity contribution in [1.82, 2.24) is 20.1 Å². The number of rotatable bonds is 8. The highest BCUT2D eigenvalue weighted by molar-refractivity contribution is 6.05. The van der Waals surface area contributed by atoms with Crippen LogP contribution in [0.15, 0.2) is 77.6 Å². The molecule has 1 fully saturated rings. The molecule has 0 radical (unpaired) electrons. The van der Waals surface area contributed by atoms with Crippen LogP contribution in [0.3, 0.4) is 0 Å². The molecule has 0 spiro atoms. The Bertz CT molecular complexity index is 1830. The summed E-state index contributed by atoms with van der Waals surface area (Å²) in [5.41, 5.74) is 9.69. The summed E-state index contributed by atoms with van der Waals surface area (Å²) in [6, 6.07) is 15.2. The monoisotopic (exact) mass is 688 g/mol. The highest BCUT2D eigenvalue weighted by Crippen LogP contribution is 2.38. The van der Waals surface area contributed by atoms with E-state index in [4.69, 9.17) is 31.0 Å². The summed E-state index contributed by atoms with van der Waals surface area (Å²) >= 11 is 0. The van der Waals surface area contributed by atoms with E-state index in [-0.39, 0.29) is 43.5 Å². The Hall–Kier alpha value is -4.81. The smallest absolute Gasteiger partial charge is 0.320 e. The van der Waals surface area contributed by atoms with Crippen molar-refractivity contribution in [3.63, 3.8) is 0 Å². The Balaban J connectivity index is 0.00000364. The van der Waals surface area contributed by atoms with E-state index in [1.54, 1.807) is 36.5 Å². The molecule has 0 unspecified atom stereocenters. The molecular weight excluding hydrogens is 635 g/mol. The van der Waals surface area contributed by atoms with E-state index in [2.05, 4.69) is 15.5 Å². The van der Waals surface area contributed by atoms with Crippen LogP contribution in [0.25, 0.3) is 0 Å². The van der Waals surface area contributed by atoms with Gasteiger partial charge in [0.1, 0.15) is 34.8 Å². The Kier molecular flexibility index (Phi) is 11.5. The maximum Gasteiger partial charge on any atom is 0.320 e. The largest absolute Gasteiger partial charge is 0.484 e. The van der Waals surface area contributed by atoms with Crippen LogP contribution >= 0.6 is 0 Å². The van der Waals surface area contributed by atoms with Crippen LogP contribution in [0.2, 0.25) is 0 Å². The first-order valence-corrected chi connectivity index (χ1v) is 17.1. The molecule has 11 nitrogen and oxygen atoms in total. The summed E-state index contributed by atoms with van der Waals surface area (Å²) in [5.74, 6) is 0.755. The lowest BCUT2D eigenvalue weighted by Gasteiger charge is -2.32. The molecule has 2 atom stereocenters. The van der Waals surface area contributed by atoms with Gasteiger partial charge in [-0.25, -0.2) is 14.2 Å². The average Bonchev–Trinajstić information content (AvgIpc) is 3.07. The zero-order valence-corrected chi connectivity index (χ0v) is 29.6. The topological polar surface area (TPSA) is 154 Å². The van der Waals surface area contributed by atoms with E-state index >= 15 is 0 Å². The maximum absolute atomic E-state index is 14.8. The minimum Gasteiger partial charge on any atom is -0.484 e. The van der Waals surface area contributed by atoms with E-state index in [9.17, 15) is 9.18 Å². The normalized spacial score (nSPS) is 18.8. The fourth-order valence-corrected chi connectivity index (χ4v) is 5.88. The Morgan fingerprint density at radius 3 is 2.56 bits per heavy atom. The molecule has 2 aliphatic rings. The van der Waals surface area contributed by atoms with Crippen LogP contribution in [0.4, 0.5) is 14.9 Å². The second-order valence-corrected chi connectivity index (χ2v) is 14.1. The number of aliphatic imine (C=N–C) groups is 1. The van der Waals surface area contributed by atoms with Gasteiger partial charge in [-0.2, -0.15) is 0 Å². The number of urea groups is 1. The fourth-order valence-electron chi connectivity index (χ4n) is 5.88. The summed E-state index contributed by atoms with van der Waals surface area (Å²) in [6.07, 6.45) is 4.31. The number of fused-ring (bicyclic) bond motifs is 1. The van der Waals surface area contributed by atoms with Crippen LogP contribution in [0, 0.1) is 28.0 Å². The number of nitrogens with one attached hydrogen (secondary N) is 4. The number of nitrogens with two attached hydrogens (primary N) is 1. The minimum absolute atomic E-state index is 0. The summed E-state index contributed by atoms with van der Waals surface area (Å²) in [4.78, 5) is 20.4. The molecule has 2 aromatic carbocycles. The van der Waals surface area contributed by atoms with E-state index in [1.165, 1.54) is 10.6 Å². The van der Waals surface area contributed by atoms with Gasteiger partial charge < -0.3 is 20.5 Å². The van der Waals surface area contributed by atoms with Crippen molar-refractivity contribution in [2.45, 2.75) is 66.2 Å². The number of pyridine rings is 1. The number of nitrogens with zero attached hydrogens (tertiary/aromatic N) is 3. The van der Waals surface area contributed by atoms with E-state index in [1.807, 2.05) is 58.9 Å². The molecule has 5 rings (SSSR count). The lowest BCUT2D eigenvalue weighted by atomic mass is 9.85. The molecule has 1 aromatic heterocycles. The van der Waals surface area contributed by atoms with Gasteiger partial charge in [0.25, 0.3) is 0 Å². The van der Waals surface area contributed by atoms with Crippen LogP contribution in [0.5, 0.6) is 5.75 Å². The lowest BCUT2D eigenvalue weighted by molar-refractivity contribution is 0.0337. The van der Waals surface area contributed by atoms with Crippen LogP contribution < -0.4 is 26.6 Å². The number of allylic oxidation sites excluding steroid dienone is 1. The maximum atomic E-state index is 14.8. The van der Waals surface area contributed by atoms with Crippen molar-refractivity contribution in [2.75, 3.05) is 26.3 Å². The number of benzene rings is 2. The number of hydrogen-bond donors (Lipinski definition) is 5. The lowest BCUT2D eigenvalue weighted by Crippen LogP contribution is -2.42. The van der Waals surface area contributed by atoms with Gasteiger partial charge in [0.05, 0.1) is 31.1 Å². The summed E-state index contributed by atoms with van der Waals surface area (Å²) in [5, 5.41) is 22.7. The van der Waals surface area contributed by atoms with Crippen molar-refractivity contribution in [2.24, 2.45) is 22.1 Å². The molecule has 0 saturated carbocycles. The highest BCUT2D eigenvalue weighted by atomic mass is 19.1. The van der Waals surface area contributed by atoms with Crippen molar-refractivity contribution >= 4 is 23.4 Å². The van der Waals surface area contributed by atoms with Crippen LogP contribution in [-0.2, 0) is 11.3 Å². The second-order valence-electron chi connectivity index (χ2n) is 14.1. The number of aromatic nitrogens is 1. The zero-order valence-electron chi connectivity index (χ0n) is 29.6. The van der Waals surface area contributed by atoms with Crippen molar-refractivity contribution in [3.8, 4) is 5.75 Å². The Labute approximate surface area is 296 Å². The molecule has 1 aliphatic heterocycles. The number of carbonyl (C=O) groups is 1. The zero-order chi connectivity index (χ0) is 36.0. The SMILES string of the molecule is CC(C)C(=N)n1cc(O[C@@H]2CC[C@H](NC(=O)NC(/C=C(\N)C(C)(C)C)=Nc3ccc(F)c(CN4CCOCC4)c3)c3ccccc32)ccc1=N.[HH].[HH]. The second kappa shape index (κ2) is 15.8. The third kappa shape index (κ3) is 9.25. The predicted octanol–water partition coefficient (Wildman–Crippen LogP) is 6.79. The summed E-state index contributed by atoms with van der Waals surface area (Å²) in [6.45, 7) is 12.9. The van der Waals surface area contributed by atoms with Crippen molar-refractivity contribution in [3.05, 3.63) is 101 Å². The molecule has 0 bridgehead atoms. The number of hydrogen-bond acceptors (Lipinski definition) is 8. The Morgan fingerprint density at radius 2 is 1.86 bits per heavy atom. The van der Waals surface area contributed by atoms with E-state index in [0.717, 1.165) is 24.2 Å². The predicted molar refractivity (Wildman–Crippen MR) is 197 cm³/mol. The fraction of sp³-hybridized carbons (Fsp3) is 0.421. The standard InChI is InChI=1S/C38H49FN8O3.2H2/c1-24(2)36(42)47-23-27(11-15-34(47)41)50-32-14-13-31(28-8-6-7-9-29(28)32)44-37(48)45-35(21-33(40)38(3,4)5)43-26-10-12-30(39)25(20-26)22-46-16-18-49-19-17-46;;/h6-12,15,20-21,23-24,31-32,41-42H,13-14,16-19,22,40H2,1-5H3,(H2,43,44,45,48);2*1H/b33-21-,41-34?,42-36?;;/t31-,32+;;/m0../s1. The number of amidine groups is 1. The van der Waals surface area contributed by atoms with Gasteiger partial charge in [-0.15, -0.1) is 0 Å². The summed E-state index contributed by atoms with van der Waals surface area (Å²) in [7, 11) is 0. The molecule has 2 heterocycles. The van der Waals surface area contributed by atoms with Gasteiger partial charge in [0.2, 0.25) is 0 Å². The number of ether oxygens (including phenoxy) is 2. The number of amides is 2. The van der Waals surface area contributed by atoms with Gasteiger partial charge in [-0.05, 0) is 54.3 Å². The first-order chi connectivity index (χ1) is 23.8. The molecule has 2 amide bonds. The van der Waals surface area contributed by atoms with Gasteiger partial charge >= 0.3 is 6.03 Å². The van der Waals surface area contributed by atoms with Crippen molar-refractivity contribution in [1.29, 1.82) is 10.8 Å². The molecule has 6 N–H and O–H groups in total. The third-order valence-corrected chi connectivity index (χ3v) is 8.92. The molecule has 1 saturated heterocycles. The third-order valence-electron chi connectivity index (χ3n) is 8.92. The molecule has 12 heteroatoms. The Morgan fingerprint density at radius 1 is 1.14 bits per heavy atom. The van der Waals surface area contributed by atoms with Gasteiger partial charge in [-0.3, -0.25) is 25.6 Å². The van der Waals surface area contributed by atoms with E-state index < -0.39 is 6.03 Å². The minimum atomic E-state index is -0.448. The molecule has 1 aliphatic carbocycles. The van der Waals surface area contributed by atoms with Crippen LogP contribution in [-0.4, -0.2) is 53.5 Å². The van der Waals surface area contributed by atoms with Gasteiger partial charge in [0, 0.05) is 51.2 Å². The number of carbonyl (C=O) groups excluding carboxylic acids is 1. The molecule has 3 aromatic rings. The van der Waals surface area contributed by atoms with E-state index in [0.29, 0.717) is 61.1 Å². The van der Waals surface area contributed by atoms with Crippen molar-refractivity contribution < 1.29 is 21.5 Å². The average molecular weight is 689 g/mol. The van der Waals surface area contributed by atoms with Gasteiger partial charge in [0.15, 0.2) is 0 Å². The van der Waals surface area contributed by atoms with Gasteiger partial charge in [-0.1, -0.05) is 58.9 Å². The molecule has 50 heavy (non-hydrogen) atoms. The number of morpholine rings is 1. The molecule has 270 valence electrons. The summed E-state index contributed by atoms with van der Waals surface area (Å²) < 4.78 is 28.2. The highest BCUT2D eigenvalue weighted by Gasteiger charge is 2.30. The first-order valence-electron chi connectivity index (χ1n) is 17.1. The first kappa shape index (κ1) is 36.5. The molecular formula is C38H53FN8O3.